The van der Waals surface area contributed by atoms with Gasteiger partial charge in [-0.15, -0.1) is 10.2 Å². The number of aromatic nitrogens is 4. The van der Waals surface area contributed by atoms with Gasteiger partial charge in [-0.3, -0.25) is 25.0 Å². The molecule has 0 aliphatic carbocycles. The third kappa shape index (κ3) is 3.15. The Balaban J connectivity index is 1.31. The summed E-state index contributed by atoms with van der Waals surface area (Å²) in [7, 11) is 0. The van der Waals surface area contributed by atoms with Crippen LogP contribution in [0.1, 0.15) is 46.6 Å². The summed E-state index contributed by atoms with van der Waals surface area (Å²) in [5, 5.41) is 23.7. The summed E-state index contributed by atoms with van der Waals surface area (Å²) in [5.74, 6) is -0.235. The van der Waals surface area contributed by atoms with Gasteiger partial charge in [-0.1, -0.05) is 17.3 Å². The van der Waals surface area contributed by atoms with Crippen LogP contribution in [-0.2, 0) is 28.2 Å². The van der Waals surface area contributed by atoms with Gasteiger partial charge in [0.1, 0.15) is 6.04 Å². The second-order valence-corrected chi connectivity index (χ2v) is 7.99. The molecule has 5 rings (SSSR count). The van der Waals surface area contributed by atoms with Gasteiger partial charge < -0.3 is 10.2 Å². The van der Waals surface area contributed by atoms with Gasteiger partial charge >= 0.3 is 0 Å². The summed E-state index contributed by atoms with van der Waals surface area (Å²) in [6, 6.07) is 5.20. The first-order valence-electron chi connectivity index (χ1n) is 10.0. The highest BCUT2D eigenvalue weighted by atomic mass is 16.2. The topological polar surface area (TPSA) is 145 Å². The Morgan fingerprint density at radius 1 is 1.27 bits per heavy atom. The Labute approximate surface area is 172 Å². The Morgan fingerprint density at radius 3 is 2.90 bits per heavy atom. The fraction of sp³-hybridized carbons (Fsp3) is 0.474. The molecule has 156 valence electrons. The van der Waals surface area contributed by atoms with Crippen LogP contribution in [0.4, 0.5) is 0 Å². The van der Waals surface area contributed by atoms with Crippen LogP contribution in [0.15, 0.2) is 18.2 Å². The molecule has 1 aromatic heterocycles. The first-order chi connectivity index (χ1) is 14.6. The van der Waals surface area contributed by atoms with E-state index in [2.05, 4.69) is 36.6 Å². The van der Waals surface area contributed by atoms with E-state index in [9.17, 15) is 14.4 Å². The van der Waals surface area contributed by atoms with E-state index in [1.165, 1.54) is 0 Å². The molecule has 3 amide bonds. The highest BCUT2D eigenvalue weighted by Gasteiger charge is 2.40. The van der Waals surface area contributed by atoms with Crippen molar-refractivity contribution in [3.05, 3.63) is 40.7 Å². The van der Waals surface area contributed by atoms with E-state index in [0.717, 1.165) is 24.1 Å². The Kier molecular flexibility index (Phi) is 4.55. The molecule has 2 aromatic rings. The standard InChI is InChI=1S/C19H22N8O3/c28-15-4-3-14(16(29)22-15)27-9-12-2-1-11(7-13(12)17(27)30)8-21-19(5-6-20-10-19)18-23-25-26-24-18/h1-2,7,14,20-21H,3-6,8-10H2,(H,22,28,29)(H,23,24,25,26). The van der Waals surface area contributed by atoms with Crippen LogP contribution >= 0.6 is 0 Å². The summed E-state index contributed by atoms with van der Waals surface area (Å²) >= 11 is 0. The monoisotopic (exact) mass is 410 g/mol. The molecule has 1 aromatic carbocycles. The van der Waals surface area contributed by atoms with Crippen molar-refractivity contribution in [2.24, 2.45) is 0 Å². The third-order valence-corrected chi connectivity index (χ3v) is 6.15. The lowest BCUT2D eigenvalue weighted by Gasteiger charge is -2.29. The molecule has 4 N–H and O–H groups in total. The zero-order valence-electron chi connectivity index (χ0n) is 16.3. The number of hydrogen-bond donors (Lipinski definition) is 4. The van der Waals surface area contributed by atoms with Gasteiger partial charge in [-0.2, -0.15) is 5.21 Å². The maximum absolute atomic E-state index is 13.0. The maximum Gasteiger partial charge on any atom is 0.255 e. The second kappa shape index (κ2) is 7.26. The van der Waals surface area contributed by atoms with Gasteiger partial charge in [-0.05, 0) is 36.6 Å². The molecule has 2 saturated heterocycles. The summed E-state index contributed by atoms with van der Waals surface area (Å²) < 4.78 is 0. The predicted molar refractivity (Wildman–Crippen MR) is 103 cm³/mol. The molecule has 2 fully saturated rings. The summed E-state index contributed by atoms with van der Waals surface area (Å²) in [6.07, 6.45) is 1.44. The smallest absolute Gasteiger partial charge is 0.255 e. The van der Waals surface area contributed by atoms with Crippen LogP contribution in [0.3, 0.4) is 0 Å². The van der Waals surface area contributed by atoms with Crippen molar-refractivity contribution in [3.63, 3.8) is 0 Å². The van der Waals surface area contributed by atoms with Crippen molar-refractivity contribution < 1.29 is 14.4 Å². The number of hydrogen-bond acceptors (Lipinski definition) is 8. The zero-order chi connectivity index (χ0) is 20.7. The number of imide groups is 1. The van der Waals surface area contributed by atoms with E-state index >= 15 is 0 Å². The van der Waals surface area contributed by atoms with Crippen molar-refractivity contribution >= 4 is 17.7 Å². The Hall–Kier alpha value is -3.18. The van der Waals surface area contributed by atoms with Crippen LogP contribution in [-0.4, -0.2) is 62.4 Å². The number of carbonyl (C=O) groups excluding carboxylic acids is 3. The van der Waals surface area contributed by atoms with Gasteiger partial charge in [-0.25, -0.2) is 0 Å². The molecule has 0 spiro atoms. The maximum atomic E-state index is 13.0. The number of carbonyl (C=O) groups is 3. The van der Waals surface area contributed by atoms with E-state index < -0.39 is 17.5 Å². The van der Waals surface area contributed by atoms with Gasteiger partial charge in [0, 0.05) is 31.6 Å². The van der Waals surface area contributed by atoms with Crippen molar-refractivity contribution in [2.45, 2.75) is 43.9 Å². The van der Waals surface area contributed by atoms with Crippen molar-refractivity contribution in [3.8, 4) is 0 Å². The number of tetrazole rings is 1. The fourth-order valence-corrected chi connectivity index (χ4v) is 4.46. The molecule has 0 radical (unpaired) electrons. The average molecular weight is 410 g/mol. The van der Waals surface area contributed by atoms with E-state index in [0.29, 0.717) is 37.4 Å². The quantitative estimate of drug-likeness (QED) is 0.457. The van der Waals surface area contributed by atoms with Crippen LogP contribution in [0.5, 0.6) is 0 Å². The molecular formula is C19H22N8O3. The van der Waals surface area contributed by atoms with Crippen molar-refractivity contribution in [2.75, 3.05) is 13.1 Å². The number of piperidine rings is 1. The van der Waals surface area contributed by atoms with Crippen LogP contribution in [0, 0.1) is 0 Å². The van der Waals surface area contributed by atoms with Gasteiger partial charge in [0.2, 0.25) is 11.8 Å². The molecule has 0 bridgehead atoms. The Morgan fingerprint density at radius 2 is 2.17 bits per heavy atom. The van der Waals surface area contributed by atoms with Crippen molar-refractivity contribution in [1.82, 2.24) is 41.5 Å². The molecule has 30 heavy (non-hydrogen) atoms. The first-order valence-corrected chi connectivity index (χ1v) is 10.0. The molecule has 3 aliphatic rings. The lowest BCUT2D eigenvalue weighted by molar-refractivity contribution is -0.136. The number of nitrogens with one attached hydrogen (secondary N) is 4. The number of amides is 3. The number of aromatic amines is 1. The number of benzene rings is 1. The molecule has 2 unspecified atom stereocenters. The Bertz CT molecular complexity index is 999. The normalized spacial score (nSPS) is 26.2. The number of H-pyrrole nitrogens is 1. The minimum absolute atomic E-state index is 0.170. The van der Waals surface area contributed by atoms with Gasteiger partial charge in [0.25, 0.3) is 5.91 Å². The molecule has 4 heterocycles. The SMILES string of the molecule is O=C1CCC(N2Cc3ccc(CNC4(c5nn[nH]n5)CCNC4)cc3C2=O)C(=O)N1. The van der Waals surface area contributed by atoms with Crippen molar-refractivity contribution in [1.29, 1.82) is 0 Å². The molecule has 0 saturated carbocycles. The first kappa shape index (κ1) is 18.8. The number of nitrogens with zero attached hydrogens (tertiary/aromatic N) is 4. The second-order valence-electron chi connectivity index (χ2n) is 7.99. The molecule has 11 heteroatoms. The zero-order valence-corrected chi connectivity index (χ0v) is 16.3. The minimum Gasteiger partial charge on any atom is -0.322 e. The third-order valence-electron chi connectivity index (χ3n) is 6.15. The predicted octanol–water partition coefficient (Wildman–Crippen LogP) is -1.06. The van der Waals surface area contributed by atoms with E-state index in [4.69, 9.17) is 0 Å². The molecule has 11 nitrogen and oxygen atoms in total. The average Bonchev–Trinajstić information content (AvgIpc) is 3.48. The van der Waals surface area contributed by atoms with Gasteiger partial charge in [0.15, 0.2) is 5.82 Å². The highest BCUT2D eigenvalue weighted by Crippen LogP contribution is 2.29. The van der Waals surface area contributed by atoms with E-state index in [1.54, 1.807) is 4.90 Å². The highest BCUT2D eigenvalue weighted by molar-refractivity contribution is 6.05. The van der Waals surface area contributed by atoms with Gasteiger partial charge in [0.05, 0.1) is 5.54 Å². The fourth-order valence-electron chi connectivity index (χ4n) is 4.46. The largest absolute Gasteiger partial charge is 0.322 e. The summed E-state index contributed by atoms with van der Waals surface area (Å²) in [4.78, 5) is 38.1. The molecule has 2 atom stereocenters. The van der Waals surface area contributed by atoms with Crippen LogP contribution < -0.4 is 16.0 Å². The summed E-state index contributed by atoms with van der Waals surface area (Å²) in [5.41, 5.74) is 2.05. The molecular weight excluding hydrogens is 388 g/mol. The number of fused-ring (bicyclic) bond motifs is 1. The molecule has 3 aliphatic heterocycles. The van der Waals surface area contributed by atoms with E-state index in [-0.39, 0.29) is 18.2 Å². The summed E-state index contributed by atoms with van der Waals surface area (Å²) in [6.45, 7) is 2.46. The van der Waals surface area contributed by atoms with E-state index in [1.807, 2.05) is 18.2 Å². The lowest BCUT2D eigenvalue weighted by Crippen LogP contribution is -2.52. The number of rotatable bonds is 5. The lowest BCUT2D eigenvalue weighted by atomic mass is 9.96. The van der Waals surface area contributed by atoms with Crippen LogP contribution in [0.25, 0.3) is 0 Å². The minimum atomic E-state index is -0.602. The van der Waals surface area contributed by atoms with Crippen LogP contribution in [0.2, 0.25) is 0 Å².